The molecule has 0 spiro atoms. The normalized spacial score (nSPS) is 15.9. The maximum absolute atomic E-state index is 14.1. The number of alkyl halides is 3. The van der Waals surface area contributed by atoms with E-state index >= 15 is 0 Å². The van der Waals surface area contributed by atoms with E-state index in [0.717, 1.165) is 12.1 Å². The third-order valence-corrected chi connectivity index (χ3v) is 7.83. The summed E-state index contributed by atoms with van der Waals surface area (Å²) in [4.78, 5) is 40.8. The minimum absolute atomic E-state index is 0.101. The maximum Gasteiger partial charge on any atom is 0.416 e. The standard InChI is InChI=1S/C30H23Cl2F3N4O3/c1-16(17-7-11-19(12-8-17)30(33,34)35)38(2)29(42)26-25(21-15-24(40)36-28(21)41)27(18-9-13-20(31)14-10-18)39(37-26)23-6-4-3-5-22(23)32/h3-14,16,21H,15H2,1-2H3,(H,36,40,41)/t16-,21?/m1/s1. The van der Waals surface area contributed by atoms with Crippen LogP contribution in [0.5, 0.6) is 0 Å². The van der Waals surface area contributed by atoms with E-state index in [1.807, 2.05) is 0 Å². The Labute approximate surface area is 248 Å². The van der Waals surface area contributed by atoms with Crippen LogP contribution in [0.15, 0.2) is 72.8 Å². The highest BCUT2D eigenvalue weighted by atomic mass is 35.5. The van der Waals surface area contributed by atoms with Gasteiger partial charge in [0.2, 0.25) is 11.8 Å². The summed E-state index contributed by atoms with van der Waals surface area (Å²) in [5, 5.41) is 7.73. The fraction of sp³-hybridized carbons (Fsp3) is 0.200. The van der Waals surface area contributed by atoms with E-state index in [-0.39, 0.29) is 17.7 Å². The maximum atomic E-state index is 14.1. The summed E-state index contributed by atoms with van der Waals surface area (Å²) < 4.78 is 40.8. The van der Waals surface area contributed by atoms with Crippen LogP contribution in [0.2, 0.25) is 10.0 Å². The van der Waals surface area contributed by atoms with Crippen molar-refractivity contribution in [3.63, 3.8) is 0 Å². The number of carbonyl (C=O) groups excluding carboxylic acids is 3. The van der Waals surface area contributed by atoms with Crippen LogP contribution in [0.25, 0.3) is 16.9 Å². The zero-order valence-electron chi connectivity index (χ0n) is 22.2. The number of hydrogen-bond acceptors (Lipinski definition) is 4. The summed E-state index contributed by atoms with van der Waals surface area (Å²) >= 11 is 12.7. The summed E-state index contributed by atoms with van der Waals surface area (Å²) in [6, 6.07) is 17.4. The monoisotopic (exact) mass is 614 g/mol. The van der Waals surface area contributed by atoms with Crippen LogP contribution in [0, 0.1) is 0 Å². The number of halogens is 5. The number of nitrogens with zero attached hydrogens (tertiary/aromatic N) is 3. The van der Waals surface area contributed by atoms with Crippen molar-refractivity contribution in [2.75, 3.05) is 7.05 Å². The van der Waals surface area contributed by atoms with Crippen molar-refractivity contribution in [3.05, 3.63) is 105 Å². The van der Waals surface area contributed by atoms with Crippen molar-refractivity contribution in [1.29, 1.82) is 0 Å². The van der Waals surface area contributed by atoms with Gasteiger partial charge in [0.25, 0.3) is 5.91 Å². The van der Waals surface area contributed by atoms with Crippen LogP contribution in [0.3, 0.4) is 0 Å². The molecule has 216 valence electrons. The minimum atomic E-state index is -4.50. The van der Waals surface area contributed by atoms with Crippen LogP contribution in [0.1, 0.15) is 52.5 Å². The Kier molecular flexibility index (Phi) is 7.87. The molecule has 0 bridgehead atoms. The van der Waals surface area contributed by atoms with E-state index in [1.54, 1.807) is 55.5 Å². The highest BCUT2D eigenvalue weighted by Gasteiger charge is 2.41. The lowest BCUT2D eigenvalue weighted by Gasteiger charge is -2.25. The predicted molar refractivity (Wildman–Crippen MR) is 151 cm³/mol. The average molecular weight is 615 g/mol. The Bertz CT molecular complexity index is 1690. The molecule has 3 aromatic carbocycles. The number of para-hydroxylation sites is 1. The highest BCUT2D eigenvalue weighted by Crippen LogP contribution is 2.40. The second kappa shape index (κ2) is 11.3. The van der Waals surface area contributed by atoms with Crippen molar-refractivity contribution in [2.45, 2.75) is 31.5 Å². The molecule has 1 N–H and O–H groups in total. The van der Waals surface area contributed by atoms with Crippen molar-refractivity contribution in [1.82, 2.24) is 20.0 Å². The molecule has 42 heavy (non-hydrogen) atoms. The number of carbonyl (C=O) groups is 3. The summed E-state index contributed by atoms with van der Waals surface area (Å²) in [7, 11) is 1.49. The first kappa shape index (κ1) is 29.3. The van der Waals surface area contributed by atoms with Gasteiger partial charge in [-0.2, -0.15) is 18.3 Å². The van der Waals surface area contributed by atoms with Crippen molar-refractivity contribution >= 4 is 40.9 Å². The molecule has 4 aromatic rings. The number of nitrogens with one attached hydrogen (secondary N) is 1. The van der Waals surface area contributed by atoms with Gasteiger partial charge in [-0.3, -0.25) is 19.7 Å². The zero-order chi connectivity index (χ0) is 30.3. The van der Waals surface area contributed by atoms with Crippen LogP contribution >= 0.6 is 23.2 Å². The molecule has 1 unspecified atom stereocenters. The quantitative estimate of drug-likeness (QED) is 0.241. The Morgan fingerprint density at radius 2 is 1.67 bits per heavy atom. The molecular weight excluding hydrogens is 592 g/mol. The number of amides is 3. The van der Waals surface area contributed by atoms with E-state index in [2.05, 4.69) is 10.4 Å². The van der Waals surface area contributed by atoms with Gasteiger partial charge >= 0.3 is 6.18 Å². The second-order valence-electron chi connectivity index (χ2n) is 9.86. The fourth-order valence-corrected chi connectivity index (χ4v) is 5.25. The Balaban J connectivity index is 1.68. The predicted octanol–water partition coefficient (Wildman–Crippen LogP) is 6.83. The van der Waals surface area contributed by atoms with Gasteiger partial charge < -0.3 is 4.90 Å². The SMILES string of the molecule is C[C@H](c1ccc(C(F)(F)F)cc1)N(C)C(=O)c1nn(-c2ccccc2Cl)c(-c2ccc(Cl)cc2)c1C1CC(=O)NC1=O. The summed E-state index contributed by atoms with van der Waals surface area (Å²) in [5.41, 5.74) is 1.12. The molecule has 5 rings (SSSR count). The molecule has 3 amide bonds. The molecule has 1 fully saturated rings. The number of imide groups is 1. The molecule has 7 nitrogen and oxygen atoms in total. The van der Waals surface area contributed by atoms with Crippen LogP contribution in [-0.2, 0) is 15.8 Å². The van der Waals surface area contributed by atoms with Crippen LogP contribution in [-0.4, -0.2) is 39.4 Å². The average Bonchev–Trinajstić information content (AvgIpc) is 3.51. The molecule has 1 aromatic heterocycles. The summed E-state index contributed by atoms with van der Waals surface area (Å²) in [6.07, 6.45) is -4.70. The fourth-order valence-electron chi connectivity index (χ4n) is 4.91. The van der Waals surface area contributed by atoms with Gasteiger partial charge in [-0.15, -0.1) is 0 Å². The first-order chi connectivity index (χ1) is 19.9. The lowest BCUT2D eigenvalue weighted by molar-refractivity contribution is -0.137. The molecule has 1 aliphatic heterocycles. The van der Waals surface area contributed by atoms with E-state index in [4.69, 9.17) is 23.2 Å². The lowest BCUT2D eigenvalue weighted by atomic mass is 9.91. The molecule has 2 atom stereocenters. The molecule has 2 heterocycles. The number of rotatable bonds is 6. The Morgan fingerprint density at radius 1 is 1.02 bits per heavy atom. The molecule has 0 aliphatic carbocycles. The molecule has 0 saturated carbocycles. The smallest absolute Gasteiger partial charge is 0.334 e. The number of aromatic nitrogens is 2. The van der Waals surface area contributed by atoms with Gasteiger partial charge in [-0.25, -0.2) is 4.68 Å². The van der Waals surface area contributed by atoms with Crippen molar-refractivity contribution < 1.29 is 27.6 Å². The molecule has 1 aliphatic rings. The summed E-state index contributed by atoms with van der Waals surface area (Å²) in [5.74, 6) is -2.72. The van der Waals surface area contributed by atoms with Gasteiger partial charge in [0, 0.05) is 29.6 Å². The van der Waals surface area contributed by atoms with Gasteiger partial charge in [0.1, 0.15) is 0 Å². The van der Waals surface area contributed by atoms with E-state index in [0.29, 0.717) is 32.6 Å². The first-order valence-electron chi connectivity index (χ1n) is 12.8. The lowest BCUT2D eigenvalue weighted by Crippen LogP contribution is -2.31. The Morgan fingerprint density at radius 3 is 2.24 bits per heavy atom. The van der Waals surface area contributed by atoms with E-state index < -0.39 is 41.4 Å². The zero-order valence-corrected chi connectivity index (χ0v) is 23.8. The van der Waals surface area contributed by atoms with Crippen LogP contribution in [0.4, 0.5) is 13.2 Å². The molecule has 12 heteroatoms. The van der Waals surface area contributed by atoms with Gasteiger partial charge in [0.05, 0.1) is 33.9 Å². The largest absolute Gasteiger partial charge is 0.416 e. The van der Waals surface area contributed by atoms with Gasteiger partial charge in [0.15, 0.2) is 5.69 Å². The molecule has 0 radical (unpaired) electrons. The minimum Gasteiger partial charge on any atom is -0.334 e. The third kappa shape index (κ3) is 5.52. The number of hydrogen-bond donors (Lipinski definition) is 1. The third-order valence-electron chi connectivity index (χ3n) is 7.26. The first-order valence-corrected chi connectivity index (χ1v) is 13.5. The van der Waals surface area contributed by atoms with Crippen molar-refractivity contribution in [3.8, 4) is 16.9 Å². The summed E-state index contributed by atoms with van der Waals surface area (Å²) in [6.45, 7) is 1.66. The van der Waals surface area contributed by atoms with Crippen molar-refractivity contribution in [2.24, 2.45) is 0 Å². The van der Waals surface area contributed by atoms with Crippen LogP contribution < -0.4 is 5.32 Å². The van der Waals surface area contributed by atoms with Gasteiger partial charge in [-0.05, 0) is 48.9 Å². The highest BCUT2D eigenvalue weighted by molar-refractivity contribution is 6.32. The van der Waals surface area contributed by atoms with Gasteiger partial charge in [-0.1, -0.05) is 59.6 Å². The Hall–Kier alpha value is -4.15. The second-order valence-corrected chi connectivity index (χ2v) is 10.7. The van der Waals surface area contributed by atoms with E-state index in [1.165, 1.54) is 28.8 Å². The topological polar surface area (TPSA) is 84.3 Å². The molecule has 1 saturated heterocycles. The molecular formula is C30H23Cl2F3N4O3. The van der Waals surface area contributed by atoms with E-state index in [9.17, 15) is 27.6 Å². The number of benzene rings is 3.